The van der Waals surface area contributed by atoms with Gasteiger partial charge in [0, 0.05) is 23.7 Å². The average molecular weight is 426 g/mol. The van der Waals surface area contributed by atoms with Crippen LogP contribution in [0, 0.1) is 13.8 Å². The van der Waals surface area contributed by atoms with Crippen LogP contribution in [0.2, 0.25) is 5.02 Å². The van der Waals surface area contributed by atoms with Gasteiger partial charge in [-0.2, -0.15) is 5.10 Å². The molecule has 0 unspecified atom stereocenters. The third kappa shape index (κ3) is 4.68. The summed E-state index contributed by atoms with van der Waals surface area (Å²) in [6.07, 6.45) is 0.390. The van der Waals surface area contributed by atoms with Crippen molar-refractivity contribution in [1.29, 1.82) is 0 Å². The highest BCUT2D eigenvalue weighted by Crippen LogP contribution is 2.23. The minimum atomic E-state index is -0.257. The number of hydrogen-bond acceptors (Lipinski definition) is 5. The number of aryl methyl sites for hydroxylation is 2. The van der Waals surface area contributed by atoms with Crippen LogP contribution in [-0.4, -0.2) is 50.3 Å². The van der Waals surface area contributed by atoms with E-state index in [0.29, 0.717) is 31.9 Å². The molecule has 0 aliphatic carbocycles. The Hall–Kier alpha value is -2.77. The fraction of sp³-hybridized carbons (Fsp3) is 0.364. The van der Waals surface area contributed by atoms with Crippen molar-refractivity contribution < 1.29 is 9.53 Å². The van der Waals surface area contributed by atoms with E-state index >= 15 is 0 Å². The van der Waals surface area contributed by atoms with Gasteiger partial charge in [0.15, 0.2) is 0 Å². The molecule has 1 fully saturated rings. The maximum Gasteiger partial charge on any atom is 0.244 e. The lowest BCUT2D eigenvalue weighted by Crippen LogP contribution is -2.44. The molecule has 1 aliphatic heterocycles. The molecule has 30 heavy (non-hydrogen) atoms. The minimum Gasteiger partial charge on any atom is -0.368 e. The summed E-state index contributed by atoms with van der Waals surface area (Å²) in [6.45, 7) is 5.35. The van der Waals surface area contributed by atoms with E-state index in [4.69, 9.17) is 21.3 Å². The Morgan fingerprint density at radius 1 is 1.17 bits per heavy atom. The van der Waals surface area contributed by atoms with Gasteiger partial charge in [0.1, 0.15) is 24.3 Å². The second kappa shape index (κ2) is 8.93. The van der Waals surface area contributed by atoms with Gasteiger partial charge in [0.25, 0.3) is 0 Å². The third-order valence-electron chi connectivity index (χ3n) is 5.15. The lowest BCUT2D eigenvalue weighted by atomic mass is 10.1. The summed E-state index contributed by atoms with van der Waals surface area (Å²) in [5.74, 6) is 1.41. The first-order chi connectivity index (χ1) is 14.5. The van der Waals surface area contributed by atoms with E-state index in [9.17, 15) is 4.79 Å². The third-order valence-corrected chi connectivity index (χ3v) is 5.52. The number of morpholine rings is 1. The quantitative estimate of drug-likeness (QED) is 0.627. The van der Waals surface area contributed by atoms with Gasteiger partial charge in [-0.15, -0.1) is 0 Å². The summed E-state index contributed by atoms with van der Waals surface area (Å²) in [6, 6.07) is 13.7. The molecular formula is C22H24ClN5O2. The van der Waals surface area contributed by atoms with Crippen LogP contribution in [0.4, 0.5) is 0 Å². The number of carbonyl (C=O) groups is 1. The number of rotatable bonds is 5. The molecule has 1 saturated heterocycles. The molecule has 156 valence electrons. The molecule has 0 saturated carbocycles. The van der Waals surface area contributed by atoms with E-state index < -0.39 is 0 Å². The summed E-state index contributed by atoms with van der Waals surface area (Å²) in [5.41, 5.74) is 2.77. The molecule has 1 atom stereocenters. The lowest BCUT2D eigenvalue weighted by molar-refractivity contribution is -0.140. The summed E-state index contributed by atoms with van der Waals surface area (Å²) in [5, 5.41) is 5.02. The van der Waals surface area contributed by atoms with Gasteiger partial charge in [0.2, 0.25) is 5.91 Å². The van der Waals surface area contributed by atoms with Crippen molar-refractivity contribution in [3.63, 3.8) is 0 Å². The second-order valence-electron chi connectivity index (χ2n) is 7.39. The van der Waals surface area contributed by atoms with E-state index in [1.54, 1.807) is 4.68 Å². The van der Waals surface area contributed by atoms with E-state index in [1.807, 2.05) is 61.2 Å². The van der Waals surface area contributed by atoms with E-state index in [-0.39, 0.29) is 18.6 Å². The Morgan fingerprint density at radius 3 is 2.77 bits per heavy atom. The highest BCUT2D eigenvalue weighted by molar-refractivity contribution is 6.31. The highest BCUT2D eigenvalue weighted by Gasteiger charge is 2.27. The maximum atomic E-state index is 12.8. The van der Waals surface area contributed by atoms with Crippen molar-refractivity contribution in [1.82, 2.24) is 24.6 Å². The van der Waals surface area contributed by atoms with Crippen molar-refractivity contribution in [3.05, 3.63) is 76.1 Å². The SMILES string of the molecule is Cc1nc(C)n(CC(=O)N2CCO[C@H](c3cccc(Cc4ccccc4Cl)n3)C2)n1. The van der Waals surface area contributed by atoms with Crippen LogP contribution in [0.5, 0.6) is 0 Å². The Balaban J connectivity index is 1.45. The number of pyridine rings is 1. The van der Waals surface area contributed by atoms with Crippen molar-refractivity contribution in [2.75, 3.05) is 19.7 Å². The lowest BCUT2D eigenvalue weighted by Gasteiger charge is -2.32. The number of hydrogen-bond donors (Lipinski definition) is 0. The number of carbonyl (C=O) groups excluding carboxylic acids is 1. The molecule has 1 aromatic carbocycles. The number of aromatic nitrogens is 4. The normalized spacial score (nSPS) is 16.6. The van der Waals surface area contributed by atoms with Crippen molar-refractivity contribution >= 4 is 17.5 Å². The van der Waals surface area contributed by atoms with Crippen LogP contribution in [-0.2, 0) is 22.5 Å². The molecular weight excluding hydrogens is 402 g/mol. The van der Waals surface area contributed by atoms with Gasteiger partial charge in [-0.05, 0) is 37.6 Å². The molecule has 7 nitrogen and oxygen atoms in total. The smallest absolute Gasteiger partial charge is 0.244 e. The van der Waals surface area contributed by atoms with Crippen molar-refractivity contribution in [2.24, 2.45) is 0 Å². The predicted octanol–water partition coefficient (Wildman–Crippen LogP) is 3.13. The average Bonchev–Trinajstić information content (AvgIpc) is 3.06. The standard InChI is InChI=1S/C22H24ClN5O2/c1-15-24-16(2)28(26-15)14-22(29)27-10-11-30-21(13-27)20-9-5-7-18(25-20)12-17-6-3-4-8-19(17)23/h3-9,21H,10-14H2,1-2H3/t21-/m0/s1. The largest absolute Gasteiger partial charge is 0.368 e. The van der Waals surface area contributed by atoms with E-state index in [0.717, 1.165) is 27.8 Å². The first-order valence-corrected chi connectivity index (χ1v) is 10.3. The number of ether oxygens (including phenoxy) is 1. The maximum absolute atomic E-state index is 12.8. The van der Waals surface area contributed by atoms with Crippen molar-refractivity contribution in [2.45, 2.75) is 32.9 Å². The van der Waals surface area contributed by atoms with Crippen LogP contribution in [0.15, 0.2) is 42.5 Å². The van der Waals surface area contributed by atoms with Gasteiger partial charge >= 0.3 is 0 Å². The summed E-state index contributed by atoms with van der Waals surface area (Å²) < 4.78 is 7.58. The molecule has 1 aliphatic rings. The first-order valence-electron chi connectivity index (χ1n) is 9.96. The van der Waals surface area contributed by atoms with Crippen LogP contribution in [0.3, 0.4) is 0 Å². The van der Waals surface area contributed by atoms with E-state index in [1.165, 1.54) is 0 Å². The fourth-order valence-corrected chi connectivity index (χ4v) is 3.81. The number of benzene rings is 1. The Labute approximate surface area is 180 Å². The number of amides is 1. The van der Waals surface area contributed by atoms with Gasteiger partial charge < -0.3 is 9.64 Å². The minimum absolute atomic E-state index is 0.00326. The molecule has 4 rings (SSSR count). The van der Waals surface area contributed by atoms with Crippen LogP contribution < -0.4 is 0 Å². The molecule has 0 bridgehead atoms. The zero-order valence-electron chi connectivity index (χ0n) is 17.1. The molecule has 0 radical (unpaired) electrons. The topological polar surface area (TPSA) is 73.1 Å². The van der Waals surface area contributed by atoms with E-state index in [2.05, 4.69) is 10.1 Å². The van der Waals surface area contributed by atoms with Crippen LogP contribution in [0.25, 0.3) is 0 Å². The van der Waals surface area contributed by atoms with Gasteiger partial charge in [-0.25, -0.2) is 9.67 Å². The Morgan fingerprint density at radius 2 is 2.00 bits per heavy atom. The highest BCUT2D eigenvalue weighted by atomic mass is 35.5. The van der Waals surface area contributed by atoms with Gasteiger partial charge in [-0.1, -0.05) is 35.9 Å². The fourth-order valence-electron chi connectivity index (χ4n) is 3.61. The zero-order valence-corrected chi connectivity index (χ0v) is 17.8. The number of nitrogens with zero attached hydrogens (tertiary/aromatic N) is 5. The molecule has 2 aromatic heterocycles. The van der Waals surface area contributed by atoms with Crippen LogP contribution >= 0.6 is 11.6 Å². The first kappa shape index (κ1) is 20.5. The van der Waals surface area contributed by atoms with Crippen LogP contribution in [0.1, 0.15) is 34.7 Å². The molecule has 0 spiro atoms. The van der Waals surface area contributed by atoms with Gasteiger partial charge in [-0.3, -0.25) is 9.78 Å². The number of halogens is 1. The summed E-state index contributed by atoms with van der Waals surface area (Å²) in [7, 11) is 0. The molecule has 3 heterocycles. The zero-order chi connectivity index (χ0) is 21.1. The van der Waals surface area contributed by atoms with Gasteiger partial charge in [0.05, 0.1) is 18.8 Å². The monoisotopic (exact) mass is 425 g/mol. The summed E-state index contributed by atoms with van der Waals surface area (Å²) in [4.78, 5) is 23.6. The Kier molecular flexibility index (Phi) is 6.11. The Bertz CT molecular complexity index is 1050. The predicted molar refractivity (Wildman–Crippen MR) is 113 cm³/mol. The van der Waals surface area contributed by atoms with Crippen molar-refractivity contribution in [3.8, 4) is 0 Å². The molecule has 1 amide bonds. The molecule has 0 N–H and O–H groups in total. The molecule has 3 aromatic rings. The second-order valence-corrected chi connectivity index (χ2v) is 7.79. The summed E-state index contributed by atoms with van der Waals surface area (Å²) >= 11 is 6.29. The molecule has 8 heteroatoms.